The molecular weight excluding hydrogens is 458 g/mol. The molecule has 2 atom stereocenters. The summed E-state index contributed by atoms with van der Waals surface area (Å²) in [6.45, 7) is 2.50. The molecule has 0 bridgehead atoms. The van der Waals surface area contributed by atoms with Crippen LogP contribution in [0.1, 0.15) is 6.92 Å². The van der Waals surface area contributed by atoms with Crippen LogP contribution in [0.3, 0.4) is 0 Å². The minimum absolute atomic E-state index is 0.0263. The fourth-order valence-corrected chi connectivity index (χ4v) is 7.51. The highest BCUT2D eigenvalue weighted by Crippen LogP contribution is 2.37. The number of ether oxygens (including phenoxy) is 1. The number of nitrogens with zero attached hydrogens (tertiary/aromatic N) is 2. The molecule has 0 spiro atoms. The summed E-state index contributed by atoms with van der Waals surface area (Å²) < 4.78 is 29.3. The summed E-state index contributed by atoms with van der Waals surface area (Å²) in [5.74, 6) is 0.670. The average molecular weight is 480 g/mol. The Kier molecular flexibility index (Phi) is 6.45. The number of anilines is 2. The van der Waals surface area contributed by atoms with Gasteiger partial charge >= 0.3 is 0 Å². The van der Waals surface area contributed by atoms with Crippen LogP contribution in [0.4, 0.5) is 11.4 Å². The predicted octanol–water partition coefficient (Wildman–Crippen LogP) is 3.45. The van der Waals surface area contributed by atoms with Crippen molar-refractivity contribution in [3.8, 4) is 5.75 Å². The van der Waals surface area contributed by atoms with Crippen molar-refractivity contribution < 1.29 is 17.9 Å². The maximum atomic E-state index is 12.8. The highest BCUT2D eigenvalue weighted by Gasteiger charge is 2.44. The minimum atomic E-state index is -3.05. The van der Waals surface area contributed by atoms with E-state index in [9.17, 15) is 13.2 Å². The smallest absolute Gasteiger partial charge is 0.244 e. The van der Waals surface area contributed by atoms with Crippen LogP contribution in [0, 0.1) is 0 Å². The molecule has 2 aromatic carbocycles. The van der Waals surface area contributed by atoms with E-state index in [2.05, 4.69) is 10.3 Å². The monoisotopic (exact) mass is 479 g/mol. The Morgan fingerprint density at radius 3 is 2.71 bits per heavy atom. The molecule has 1 fully saturated rings. The number of benzene rings is 2. The number of amides is 1. The van der Waals surface area contributed by atoms with Gasteiger partial charge < -0.3 is 15.0 Å². The number of carbonyl (C=O) groups excluding carboxylic acids is 1. The Hall–Kier alpha value is -2.23. The molecule has 2 aliphatic heterocycles. The first-order valence-electron chi connectivity index (χ1n) is 9.83. The molecule has 0 aromatic heterocycles. The largest absolute Gasteiger partial charge is 0.494 e. The molecule has 0 unspecified atom stereocenters. The number of rotatable bonds is 6. The number of sulfone groups is 1. The van der Waals surface area contributed by atoms with Gasteiger partial charge in [0.05, 0.1) is 24.2 Å². The Morgan fingerprint density at radius 2 is 2.03 bits per heavy atom. The number of halogens is 1. The summed E-state index contributed by atoms with van der Waals surface area (Å²) >= 11 is 7.42. The predicted molar refractivity (Wildman–Crippen MR) is 126 cm³/mol. The lowest BCUT2D eigenvalue weighted by Gasteiger charge is -2.24. The van der Waals surface area contributed by atoms with Gasteiger partial charge in [0.15, 0.2) is 15.0 Å². The standard InChI is InChI=1S/C21H22ClN3O4S2/c1-2-29-17-8-6-16(7-9-17)25(11-20(26)23-15-5-3-4-14(22)10-15)21-24-18-12-31(27,28)13-19(18)30-21/h3-10,18-19H,2,11-13H2,1H3,(H,23,26)/t18-,19-/m0/s1. The van der Waals surface area contributed by atoms with Crippen LogP contribution in [-0.2, 0) is 14.6 Å². The Morgan fingerprint density at radius 1 is 1.26 bits per heavy atom. The fraction of sp³-hybridized carbons (Fsp3) is 0.333. The van der Waals surface area contributed by atoms with Crippen molar-refractivity contribution in [2.75, 3.05) is 34.9 Å². The van der Waals surface area contributed by atoms with Crippen LogP contribution in [-0.4, -0.2) is 55.4 Å². The van der Waals surface area contributed by atoms with E-state index in [1.165, 1.54) is 11.8 Å². The Balaban J connectivity index is 1.56. The SMILES string of the molecule is CCOc1ccc(N(CC(=O)Nc2cccc(Cl)c2)C2=N[C@H]3CS(=O)(=O)C[C@@H]3S2)cc1. The second kappa shape index (κ2) is 9.10. The first kappa shape index (κ1) is 22.0. The molecule has 0 radical (unpaired) electrons. The minimum Gasteiger partial charge on any atom is -0.494 e. The zero-order chi connectivity index (χ0) is 22.0. The molecule has 1 N–H and O–H groups in total. The number of nitrogens with one attached hydrogen (secondary N) is 1. The molecular formula is C21H22ClN3O4S2. The van der Waals surface area contributed by atoms with Gasteiger partial charge in [-0.1, -0.05) is 29.4 Å². The van der Waals surface area contributed by atoms with Crippen LogP contribution < -0.4 is 15.0 Å². The van der Waals surface area contributed by atoms with E-state index < -0.39 is 9.84 Å². The number of aliphatic imine (C=N–C) groups is 1. The van der Waals surface area contributed by atoms with Crippen molar-refractivity contribution in [1.29, 1.82) is 0 Å². The molecule has 10 heteroatoms. The molecule has 31 heavy (non-hydrogen) atoms. The molecule has 2 heterocycles. The molecule has 0 saturated carbocycles. The van der Waals surface area contributed by atoms with Crippen molar-refractivity contribution in [1.82, 2.24) is 0 Å². The van der Waals surface area contributed by atoms with Crippen molar-refractivity contribution in [3.63, 3.8) is 0 Å². The van der Waals surface area contributed by atoms with Gasteiger partial charge in [0.25, 0.3) is 0 Å². The van der Waals surface area contributed by atoms with Gasteiger partial charge in [-0.15, -0.1) is 0 Å². The summed E-state index contributed by atoms with van der Waals surface area (Å²) in [6.07, 6.45) is 0. The van der Waals surface area contributed by atoms with Crippen molar-refractivity contribution >= 4 is 55.6 Å². The van der Waals surface area contributed by atoms with Crippen LogP contribution >= 0.6 is 23.4 Å². The lowest BCUT2D eigenvalue weighted by Crippen LogP contribution is -2.36. The lowest BCUT2D eigenvalue weighted by molar-refractivity contribution is -0.114. The highest BCUT2D eigenvalue weighted by atomic mass is 35.5. The first-order valence-corrected chi connectivity index (χ1v) is 12.9. The van der Waals surface area contributed by atoms with E-state index in [0.717, 1.165) is 11.4 Å². The highest BCUT2D eigenvalue weighted by molar-refractivity contribution is 8.15. The maximum Gasteiger partial charge on any atom is 0.244 e. The second-order valence-corrected chi connectivity index (χ2v) is 11.1. The van der Waals surface area contributed by atoms with Crippen LogP contribution in [0.2, 0.25) is 5.02 Å². The summed E-state index contributed by atoms with van der Waals surface area (Å²) in [5.41, 5.74) is 1.38. The normalized spacial score (nSPS) is 21.3. The summed E-state index contributed by atoms with van der Waals surface area (Å²) in [4.78, 5) is 19.3. The molecule has 0 aliphatic carbocycles. The van der Waals surface area contributed by atoms with E-state index in [0.29, 0.717) is 22.5 Å². The lowest BCUT2D eigenvalue weighted by atomic mass is 10.2. The van der Waals surface area contributed by atoms with Crippen LogP contribution in [0.15, 0.2) is 53.5 Å². The third kappa shape index (κ3) is 5.34. The number of thioether (sulfide) groups is 1. The van der Waals surface area contributed by atoms with Gasteiger partial charge in [0.2, 0.25) is 5.91 Å². The van der Waals surface area contributed by atoms with Crippen molar-refractivity contribution in [2.24, 2.45) is 4.99 Å². The van der Waals surface area contributed by atoms with E-state index in [1.807, 2.05) is 36.1 Å². The number of amidine groups is 1. The van der Waals surface area contributed by atoms with E-state index >= 15 is 0 Å². The number of hydrogen-bond acceptors (Lipinski definition) is 7. The Labute approximate surface area is 190 Å². The van der Waals surface area contributed by atoms with Crippen LogP contribution in [0.5, 0.6) is 5.75 Å². The van der Waals surface area contributed by atoms with Gasteiger partial charge in [0, 0.05) is 21.6 Å². The molecule has 2 aromatic rings. The van der Waals surface area contributed by atoms with Gasteiger partial charge in [-0.05, 0) is 49.4 Å². The molecule has 1 amide bonds. The summed E-state index contributed by atoms with van der Waals surface area (Å²) in [7, 11) is -3.05. The molecule has 1 saturated heterocycles. The molecule has 2 aliphatic rings. The molecule has 164 valence electrons. The second-order valence-electron chi connectivity index (χ2n) is 7.28. The van der Waals surface area contributed by atoms with E-state index in [4.69, 9.17) is 16.3 Å². The Bertz CT molecular complexity index is 1110. The third-order valence-corrected chi connectivity index (χ3v) is 8.39. The zero-order valence-corrected chi connectivity index (χ0v) is 19.2. The fourth-order valence-electron chi connectivity index (χ4n) is 3.54. The topological polar surface area (TPSA) is 88.1 Å². The number of fused-ring (bicyclic) bond motifs is 1. The summed E-state index contributed by atoms with van der Waals surface area (Å²) in [5, 5.41) is 3.92. The van der Waals surface area contributed by atoms with E-state index in [1.54, 1.807) is 24.3 Å². The van der Waals surface area contributed by atoms with Gasteiger partial charge in [0.1, 0.15) is 12.3 Å². The van der Waals surface area contributed by atoms with Crippen LogP contribution in [0.25, 0.3) is 0 Å². The van der Waals surface area contributed by atoms with Crippen molar-refractivity contribution in [3.05, 3.63) is 53.6 Å². The average Bonchev–Trinajstić information content (AvgIpc) is 3.20. The number of hydrogen-bond donors (Lipinski definition) is 1. The zero-order valence-electron chi connectivity index (χ0n) is 16.8. The van der Waals surface area contributed by atoms with E-state index in [-0.39, 0.29) is 35.2 Å². The van der Waals surface area contributed by atoms with Gasteiger partial charge in [-0.25, -0.2) is 8.42 Å². The van der Waals surface area contributed by atoms with Gasteiger partial charge in [-0.3, -0.25) is 9.79 Å². The molecule has 7 nitrogen and oxygen atoms in total. The van der Waals surface area contributed by atoms with Crippen molar-refractivity contribution in [2.45, 2.75) is 18.2 Å². The summed E-state index contributed by atoms with van der Waals surface area (Å²) in [6, 6.07) is 14.1. The quantitative estimate of drug-likeness (QED) is 0.682. The number of carbonyl (C=O) groups is 1. The first-order chi connectivity index (χ1) is 14.8. The molecule has 4 rings (SSSR count). The maximum absolute atomic E-state index is 12.8. The van der Waals surface area contributed by atoms with Gasteiger partial charge in [-0.2, -0.15) is 0 Å². The third-order valence-electron chi connectivity index (χ3n) is 4.91.